The molecule has 3 rings (SSSR count). The van der Waals surface area contributed by atoms with Crippen molar-refractivity contribution in [1.29, 1.82) is 0 Å². The summed E-state index contributed by atoms with van der Waals surface area (Å²) >= 11 is 0. The highest BCUT2D eigenvalue weighted by Crippen LogP contribution is 2.38. The van der Waals surface area contributed by atoms with Crippen molar-refractivity contribution in [3.05, 3.63) is 60.7 Å². The first-order chi connectivity index (χ1) is 15.4. The molecular weight excluding hydrogens is 404 g/mol. The number of carbonyl (C=O) groups is 2. The SMILES string of the molecule is CCCCCCCN1C(=O)N(c2ccccc2)C(N(O)C(=O)Nc2ccccc2)C1(C)C. The molecule has 0 saturated carbocycles. The van der Waals surface area contributed by atoms with Gasteiger partial charge in [-0.2, -0.15) is 5.06 Å². The molecule has 7 nitrogen and oxygen atoms in total. The monoisotopic (exact) mass is 438 g/mol. The van der Waals surface area contributed by atoms with Gasteiger partial charge in [-0.15, -0.1) is 0 Å². The van der Waals surface area contributed by atoms with Crippen molar-refractivity contribution in [3.63, 3.8) is 0 Å². The number of rotatable bonds is 9. The van der Waals surface area contributed by atoms with Crippen molar-refractivity contribution in [3.8, 4) is 0 Å². The number of unbranched alkanes of at least 4 members (excludes halogenated alkanes) is 4. The first-order valence-electron chi connectivity index (χ1n) is 11.4. The number of benzene rings is 2. The van der Waals surface area contributed by atoms with Crippen LogP contribution in [0.2, 0.25) is 0 Å². The van der Waals surface area contributed by atoms with Crippen LogP contribution in [0.15, 0.2) is 60.7 Å². The van der Waals surface area contributed by atoms with Crippen LogP contribution in [0.4, 0.5) is 21.0 Å². The number of carbonyl (C=O) groups excluding carboxylic acids is 2. The summed E-state index contributed by atoms with van der Waals surface area (Å²) in [5, 5.41) is 14.4. The zero-order valence-corrected chi connectivity index (χ0v) is 19.2. The molecule has 0 aliphatic carbocycles. The molecule has 1 aliphatic rings. The number of nitrogens with one attached hydrogen (secondary N) is 1. The Kier molecular flexibility index (Phi) is 7.75. The lowest BCUT2D eigenvalue weighted by Crippen LogP contribution is -2.58. The molecule has 1 fully saturated rings. The number of para-hydroxylation sites is 2. The molecule has 7 heteroatoms. The van der Waals surface area contributed by atoms with Gasteiger partial charge in [0.15, 0.2) is 6.17 Å². The molecule has 1 aliphatic heterocycles. The van der Waals surface area contributed by atoms with E-state index < -0.39 is 17.7 Å². The Morgan fingerprint density at radius 3 is 2.22 bits per heavy atom. The molecule has 1 saturated heterocycles. The van der Waals surface area contributed by atoms with Crippen LogP contribution in [0, 0.1) is 0 Å². The van der Waals surface area contributed by atoms with E-state index in [1.807, 2.05) is 50.2 Å². The second kappa shape index (κ2) is 10.5. The number of amides is 4. The zero-order chi connectivity index (χ0) is 23.1. The zero-order valence-electron chi connectivity index (χ0n) is 19.2. The lowest BCUT2D eigenvalue weighted by molar-refractivity contribution is -0.0949. The number of hydrogen-bond acceptors (Lipinski definition) is 3. The van der Waals surface area contributed by atoms with Crippen LogP contribution in [0.1, 0.15) is 52.9 Å². The lowest BCUT2D eigenvalue weighted by Gasteiger charge is -2.38. The Hall–Kier alpha value is -3.06. The number of nitrogens with zero attached hydrogens (tertiary/aromatic N) is 3. The van der Waals surface area contributed by atoms with E-state index in [4.69, 9.17) is 0 Å². The van der Waals surface area contributed by atoms with Gasteiger partial charge in [0, 0.05) is 17.9 Å². The van der Waals surface area contributed by atoms with Crippen molar-refractivity contribution >= 4 is 23.4 Å². The Labute approximate surface area is 190 Å². The van der Waals surface area contributed by atoms with Crippen LogP contribution in [0.3, 0.4) is 0 Å². The third kappa shape index (κ3) is 5.05. The first kappa shape index (κ1) is 23.6. The van der Waals surface area contributed by atoms with Crippen molar-refractivity contribution < 1.29 is 14.8 Å². The Balaban J connectivity index is 1.85. The van der Waals surface area contributed by atoms with Crippen molar-refractivity contribution in [2.75, 3.05) is 16.8 Å². The third-order valence-corrected chi connectivity index (χ3v) is 5.99. The van der Waals surface area contributed by atoms with Crippen LogP contribution in [-0.2, 0) is 0 Å². The summed E-state index contributed by atoms with van der Waals surface area (Å²) in [5.74, 6) is 0. The van der Waals surface area contributed by atoms with E-state index in [1.165, 1.54) is 11.3 Å². The molecule has 0 radical (unpaired) electrons. The first-order valence-corrected chi connectivity index (χ1v) is 11.4. The van der Waals surface area contributed by atoms with Crippen LogP contribution in [0.5, 0.6) is 0 Å². The van der Waals surface area contributed by atoms with Crippen LogP contribution < -0.4 is 10.2 Å². The molecule has 32 heavy (non-hydrogen) atoms. The highest BCUT2D eigenvalue weighted by Gasteiger charge is 2.55. The van der Waals surface area contributed by atoms with Gasteiger partial charge in [0.1, 0.15) is 0 Å². The fourth-order valence-electron chi connectivity index (χ4n) is 4.26. The van der Waals surface area contributed by atoms with E-state index in [9.17, 15) is 14.8 Å². The molecule has 0 bridgehead atoms. The number of hydrogen-bond donors (Lipinski definition) is 2. The highest BCUT2D eigenvalue weighted by atomic mass is 16.5. The normalized spacial score (nSPS) is 17.5. The lowest BCUT2D eigenvalue weighted by atomic mass is 9.99. The van der Waals surface area contributed by atoms with E-state index in [2.05, 4.69) is 12.2 Å². The minimum atomic E-state index is -0.892. The Morgan fingerprint density at radius 1 is 1.00 bits per heavy atom. The van der Waals surface area contributed by atoms with Crippen LogP contribution >= 0.6 is 0 Å². The van der Waals surface area contributed by atoms with Gasteiger partial charge in [-0.05, 0) is 44.5 Å². The maximum atomic E-state index is 13.5. The average Bonchev–Trinajstić information content (AvgIpc) is 2.99. The van der Waals surface area contributed by atoms with Gasteiger partial charge in [0.2, 0.25) is 0 Å². The number of hydroxylamine groups is 2. The molecule has 4 amide bonds. The summed E-state index contributed by atoms with van der Waals surface area (Å²) in [6, 6.07) is 17.2. The van der Waals surface area contributed by atoms with Crippen LogP contribution in [0.25, 0.3) is 0 Å². The predicted octanol–water partition coefficient (Wildman–Crippen LogP) is 5.93. The topological polar surface area (TPSA) is 76.1 Å². The maximum absolute atomic E-state index is 13.5. The largest absolute Gasteiger partial charge is 0.347 e. The standard InChI is InChI=1S/C25H34N4O3/c1-4-5-6-7-14-19-27-24(31)28(21-17-12-9-13-18-21)22(25(27,2)3)29(32)23(30)26-20-15-10-8-11-16-20/h8-13,15-18,22,32H,4-7,14,19H2,1-3H3,(H,26,30). The summed E-state index contributed by atoms with van der Waals surface area (Å²) in [5.41, 5.74) is 0.397. The quantitative estimate of drug-likeness (QED) is 0.289. The van der Waals surface area contributed by atoms with Gasteiger partial charge in [0.05, 0.1) is 5.54 Å². The van der Waals surface area contributed by atoms with E-state index in [0.29, 0.717) is 23.0 Å². The van der Waals surface area contributed by atoms with Gasteiger partial charge in [-0.1, -0.05) is 69.0 Å². The summed E-state index contributed by atoms with van der Waals surface area (Å²) < 4.78 is 0. The van der Waals surface area contributed by atoms with E-state index in [1.54, 1.807) is 29.2 Å². The van der Waals surface area contributed by atoms with E-state index in [0.717, 1.165) is 25.7 Å². The van der Waals surface area contributed by atoms with Gasteiger partial charge in [-0.3, -0.25) is 10.1 Å². The molecule has 2 aromatic rings. The van der Waals surface area contributed by atoms with Gasteiger partial charge < -0.3 is 10.2 Å². The van der Waals surface area contributed by atoms with Gasteiger partial charge in [-0.25, -0.2) is 9.59 Å². The minimum Gasteiger partial charge on any atom is -0.315 e. The molecule has 0 aromatic heterocycles. The third-order valence-electron chi connectivity index (χ3n) is 5.99. The summed E-state index contributed by atoms with van der Waals surface area (Å²) in [6.07, 6.45) is 4.51. The molecule has 2 N–H and O–H groups in total. The molecule has 172 valence electrons. The minimum absolute atomic E-state index is 0.215. The highest BCUT2D eigenvalue weighted by molar-refractivity contribution is 5.98. The van der Waals surface area contributed by atoms with Crippen LogP contribution in [-0.4, -0.2) is 45.5 Å². The van der Waals surface area contributed by atoms with E-state index >= 15 is 0 Å². The molecule has 2 aromatic carbocycles. The Bertz CT molecular complexity index is 889. The van der Waals surface area contributed by atoms with Gasteiger partial charge >= 0.3 is 12.1 Å². The predicted molar refractivity (Wildman–Crippen MR) is 127 cm³/mol. The second-order valence-corrected chi connectivity index (χ2v) is 8.72. The smallest absolute Gasteiger partial charge is 0.315 e. The number of anilines is 2. The van der Waals surface area contributed by atoms with Crippen molar-refractivity contribution in [2.24, 2.45) is 0 Å². The molecule has 1 atom stereocenters. The maximum Gasteiger partial charge on any atom is 0.347 e. The molecule has 1 heterocycles. The average molecular weight is 439 g/mol. The van der Waals surface area contributed by atoms with Crippen molar-refractivity contribution in [1.82, 2.24) is 9.96 Å². The fraction of sp³-hybridized carbons (Fsp3) is 0.440. The van der Waals surface area contributed by atoms with E-state index in [-0.39, 0.29) is 6.03 Å². The number of urea groups is 2. The summed E-state index contributed by atoms with van der Waals surface area (Å²) in [6.45, 7) is 6.53. The second-order valence-electron chi connectivity index (χ2n) is 8.72. The van der Waals surface area contributed by atoms with Crippen molar-refractivity contribution in [2.45, 2.75) is 64.6 Å². The Morgan fingerprint density at radius 2 is 1.59 bits per heavy atom. The molecule has 1 unspecified atom stereocenters. The molecular formula is C25H34N4O3. The summed E-state index contributed by atoms with van der Waals surface area (Å²) in [7, 11) is 0. The summed E-state index contributed by atoms with van der Waals surface area (Å²) in [4.78, 5) is 29.7. The fourth-order valence-corrected chi connectivity index (χ4v) is 4.26. The van der Waals surface area contributed by atoms with Gasteiger partial charge in [0.25, 0.3) is 0 Å². The molecule has 0 spiro atoms.